The Balaban J connectivity index is 1.71. The van der Waals surface area contributed by atoms with Crippen molar-refractivity contribution in [1.29, 1.82) is 0 Å². The fourth-order valence-corrected chi connectivity index (χ4v) is 3.80. The van der Waals surface area contributed by atoms with Crippen LogP contribution in [0.25, 0.3) is 22.5 Å². The third-order valence-corrected chi connectivity index (χ3v) is 5.85. The molecule has 0 aliphatic heterocycles. The quantitative estimate of drug-likeness (QED) is 0.275. The highest BCUT2D eigenvalue weighted by atomic mass is 16.5. The Labute approximate surface area is 219 Å². The van der Waals surface area contributed by atoms with E-state index < -0.39 is 5.91 Å². The second-order valence-electron chi connectivity index (χ2n) is 8.76. The van der Waals surface area contributed by atoms with Crippen molar-refractivity contribution in [3.63, 3.8) is 0 Å². The maximum Gasteiger partial charge on any atom is 0.241 e. The van der Waals surface area contributed by atoms with Crippen molar-refractivity contribution in [2.45, 2.75) is 39.3 Å². The molecule has 3 aromatic rings. The molecular weight excluding hydrogens is 468 g/mol. The summed E-state index contributed by atoms with van der Waals surface area (Å²) >= 11 is 0. The Kier molecular flexibility index (Phi) is 10.8. The number of hydroxylamine groups is 2. The van der Waals surface area contributed by atoms with Gasteiger partial charge in [-0.2, -0.15) is 0 Å². The fourth-order valence-electron chi connectivity index (χ4n) is 3.80. The van der Waals surface area contributed by atoms with E-state index in [1.165, 1.54) is 0 Å². The van der Waals surface area contributed by atoms with Crippen LogP contribution in [0, 0.1) is 5.21 Å². The average molecular weight is 504 g/mol. The molecule has 37 heavy (non-hydrogen) atoms. The van der Waals surface area contributed by atoms with Crippen LogP contribution in [0.4, 0.5) is 5.82 Å². The molecule has 0 saturated carbocycles. The Morgan fingerprint density at radius 2 is 1.68 bits per heavy atom. The zero-order valence-corrected chi connectivity index (χ0v) is 21.7. The van der Waals surface area contributed by atoms with Gasteiger partial charge in [0.1, 0.15) is 12.4 Å². The van der Waals surface area contributed by atoms with Gasteiger partial charge in [-0.1, -0.05) is 74.2 Å². The van der Waals surface area contributed by atoms with E-state index in [-0.39, 0.29) is 30.4 Å². The maximum absolute atomic E-state index is 11.6. The third kappa shape index (κ3) is 7.95. The molecule has 2 aromatic carbocycles. The number of amides is 1. The van der Waals surface area contributed by atoms with Gasteiger partial charge in [-0.3, -0.25) is 9.78 Å². The molecule has 0 aliphatic carbocycles. The number of carbonyl (C=O) groups excluding carboxylic acids is 1. The smallest absolute Gasteiger partial charge is 0.241 e. The molecule has 0 N–H and O–H groups in total. The summed E-state index contributed by atoms with van der Waals surface area (Å²) in [6, 6.07) is 20.3. The molecule has 8 nitrogen and oxygen atoms in total. The molecule has 0 aliphatic rings. The van der Waals surface area contributed by atoms with E-state index >= 15 is 0 Å². The van der Waals surface area contributed by atoms with Gasteiger partial charge in [0.25, 0.3) is 0 Å². The first kappa shape index (κ1) is 28.0. The largest absolute Gasteiger partial charge is 0.752 e. The van der Waals surface area contributed by atoms with Crippen molar-refractivity contribution in [3.8, 4) is 22.5 Å². The van der Waals surface area contributed by atoms with Crippen molar-refractivity contribution >= 4 is 11.7 Å². The number of rotatable bonds is 14. The number of nitrogens with zero attached hydrogens (tertiary/aromatic N) is 4. The van der Waals surface area contributed by atoms with Crippen LogP contribution in [0.2, 0.25) is 0 Å². The molecule has 3 rings (SSSR count). The molecule has 8 heteroatoms. The number of benzene rings is 2. The van der Waals surface area contributed by atoms with Crippen LogP contribution >= 0.6 is 0 Å². The molecule has 1 amide bonds. The Morgan fingerprint density at radius 3 is 2.24 bits per heavy atom. The summed E-state index contributed by atoms with van der Waals surface area (Å²) in [5.41, 5.74) is 3.67. The summed E-state index contributed by atoms with van der Waals surface area (Å²) in [5, 5.41) is 11.4. The van der Waals surface area contributed by atoms with Gasteiger partial charge >= 0.3 is 0 Å². The second kappa shape index (κ2) is 14.2. The summed E-state index contributed by atoms with van der Waals surface area (Å²) in [6.07, 6.45) is 3.24. The minimum absolute atomic E-state index is 0.163. The lowest BCUT2D eigenvalue weighted by molar-refractivity contribution is -0.132. The van der Waals surface area contributed by atoms with Gasteiger partial charge in [-0.25, -0.2) is 4.98 Å². The highest BCUT2D eigenvalue weighted by Crippen LogP contribution is 2.30. The highest BCUT2D eigenvalue weighted by molar-refractivity contribution is 5.79. The average Bonchev–Trinajstić information content (AvgIpc) is 2.94. The summed E-state index contributed by atoms with van der Waals surface area (Å²) in [6.45, 7) is 10.4. The molecular formula is C29H35N4O4-. The molecule has 0 bridgehead atoms. The van der Waals surface area contributed by atoms with Crippen molar-refractivity contribution in [1.82, 2.24) is 15.0 Å². The zero-order chi connectivity index (χ0) is 26.6. The van der Waals surface area contributed by atoms with Crippen LogP contribution in [0.3, 0.4) is 0 Å². The number of aromatic nitrogens is 2. The van der Waals surface area contributed by atoms with Crippen molar-refractivity contribution in [2.75, 3.05) is 31.3 Å². The van der Waals surface area contributed by atoms with E-state index in [0.717, 1.165) is 34.5 Å². The van der Waals surface area contributed by atoms with E-state index in [4.69, 9.17) is 19.4 Å². The van der Waals surface area contributed by atoms with Crippen LogP contribution in [-0.2, 0) is 14.3 Å². The van der Waals surface area contributed by atoms with Gasteiger partial charge in [0.05, 0.1) is 36.9 Å². The Hall–Kier alpha value is -3.59. The lowest BCUT2D eigenvalue weighted by Crippen LogP contribution is -2.36. The van der Waals surface area contributed by atoms with Crippen molar-refractivity contribution < 1.29 is 14.3 Å². The second-order valence-corrected chi connectivity index (χ2v) is 8.76. The van der Waals surface area contributed by atoms with Crippen LogP contribution in [0.5, 0.6) is 0 Å². The van der Waals surface area contributed by atoms with Crippen LogP contribution in [-0.4, -0.2) is 59.4 Å². The monoisotopic (exact) mass is 503 g/mol. The predicted molar refractivity (Wildman–Crippen MR) is 147 cm³/mol. The first-order valence-corrected chi connectivity index (χ1v) is 12.5. The van der Waals surface area contributed by atoms with E-state index in [0.29, 0.717) is 19.6 Å². The third-order valence-electron chi connectivity index (χ3n) is 5.85. The lowest BCUT2D eigenvalue weighted by atomic mass is 10.0. The van der Waals surface area contributed by atoms with E-state index in [1.54, 1.807) is 0 Å². The zero-order valence-electron chi connectivity index (χ0n) is 21.7. The molecule has 0 fully saturated rings. The molecule has 0 spiro atoms. The standard InChI is InChI=1S/C29H35N4O4/c1-5-25(20-36-21-27(34)33(35)6-2)37-18-17-32(22(3)4)26-19-30-28(23-13-9-7-10-14-23)29(31-26)24-15-11-8-12-16-24/h6-16,19,22,25H,2,5,17-18,20-21H2,1,3-4H3/q-1. The summed E-state index contributed by atoms with van der Waals surface area (Å²) in [5.74, 6) is 0.0783. The number of hydrogen-bond donors (Lipinski definition) is 0. The first-order chi connectivity index (χ1) is 17.9. The van der Waals surface area contributed by atoms with Gasteiger partial charge < -0.3 is 24.6 Å². The first-order valence-electron chi connectivity index (χ1n) is 12.5. The number of hydrogen-bond acceptors (Lipinski definition) is 7. The Bertz CT molecular complexity index is 1130. The summed E-state index contributed by atoms with van der Waals surface area (Å²) in [4.78, 5) is 23.6. The molecule has 0 saturated heterocycles. The number of carbonyl (C=O) groups is 1. The molecule has 1 heterocycles. The van der Waals surface area contributed by atoms with Gasteiger partial charge in [0.2, 0.25) is 5.91 Å². The summed E-state index contributed by atoms with van der Waals surface area (Å²) < 4.78 is 11.4. The lowest BCUT2D eigenvalue weighted by Gasteiger charge is -2.29. The van der Waals surface area contributed by atoms with E-state index in [1.807, 2.05) is 73.8 Å². The molecule has 1 aromatic heterocycles. The molecule has 1 atom stereocenters. The number of ether oxygens (including phenoxy) is 2. The van der Waals surface area contributed by atoms with Crippen LogP contribution in [0.1, 0.15) is 27.2 Å². The molecule has 196 valence electrons. The van der Waals surface area contributed by atoms with Gasteiger partial charge in [-0.05, 0) is 26.5 Å². The fraction of sp³-hybridized carbons (Fsp3) is 0.345. The molecule has 0 radical (unpaired) electrons. The van der Waals surface area contributed by atoms with Gasteiger partial charge in [0.15, 0.2) is 0 Å². The summed E-state index contributed by atoms with van der Waals surface area (Å²) in [7, 11) is 0. The van der Waals surface area contributed by atoms with Crippen LogP contribution in [0.15, 0.2) is 79.6 Å². The number of anilines is 1. The van der Waals surface area contributed by atoms with Crippen LogP contribution < -0.4 is 4.90 Å². The normalized spacial score (nSPS) is 11.8. The maximum atomic E-state index is 11.6. The van der Waals surface area contributed by atoms with Crippen molar-refractivity contribution in [2.24, 2.45) is 0 Å². The predicted octanol–water partition coefficient (Wildman–Crippen LogP) is 5.31. The highest BCUT2D eigenvalue weighted by Gasteiger charge is 2.18. The minimum Gasteiger partial charge on any atom is -0.752 e. The van der Waals surface area contributed by atoms with E-state index in [2.05, 4.69) is 25.3 Å². The van der Waals surface area contributed by atoms with Gasteiger partial charge in [0, 0.05) is 23.7 Å². The SMILES string of the molecule is C=CN([O-])C(=O)COCC(CC)OCCN(c1cnc(-c2ccccc2)c(-c2ccccc2)n1)C(C)C. The van der Waals surface area contributed by atoms with E-state index in [9.17, 15) is 10.0 Å². The molecule has 1 unspecified atom stereocenters. The van der Waals surface area contributed by atoms with Gasteiger partial charge in [-0.15, -0.1) is 0 Å². The topological polar surface area (TPSA) is 90.8 Å². The minimum atomic E-state index is -0.692. The Morgan fingerprint density at radius 1 is 1.05 bits per heavy atom. The van der Waals surface area contributed by atoms with Crippen molar-refractivity contribution in [3.05, 3.63) is 84.8 Å².